The second-order valence-corrected chi connectivity index (χ2v) is 7.04. The first-order valence-electron chi connectivity index (χ1n) is 7.40. The average molecular weight is 351 g/mol. The standard InChI is InChI=1S/C17H19ClN2O4/c1-16(2,24-15(19)21)11-17(18)9-8-13(10-14(17)20(22)23)12-6-4-3-5-7-12/h3-10,14H,11H2,1-2H3,(H2,19,21). The highest BCUT2D eigenvalue weighted by Crippen LogP contribution is 2.40. The fourth-order valence-electron chi connectivity index (χ4n) is 2.87. The van der Waals surface area contributed by atoms with E-state index in [2.05, 4.69) is 0 Å². The zero-order valence-electron chi connectivity index (χ0n) is 13.4. The Bertz CT molecular complexity index is 700. The molecule has 2 rings (SSSR count). The lowest BCUT2D eigenvalue weighted by Crippen LogP contribution is -2.47. The molecule has 0 heterocycles. The van der Waals surface area contributed by atoms with Crippen molar-refractivity contribution < 1.29 is 14.5 Å². The Labute approximate surface area is 145 Å². The molecule has 1 aliphatic rings. The summed E-state index contributed by atoms with van der Waals surface area (Å²) in [5.74, 6) is 0. The molecular weight excluding hydrogens is 332 g/mol. The van der Waals surface area contributed by atoms with Gasteiger partial charge in [-0.15, -0.1) is 11.6 Å². The molecule has 2 unspecified atom stereocenters. The number of ether oxygens (including phenoxy) is 1. The second kappa shape index (κ2) is 6.65. The molecule has 6 nitrogen and oxygen atoms in total. The molecular formula is C17H19ClN2O4. The zero-order chi connectivity index (χ0) is 18.0. The van der Waals surface area contributed by atoms with E-state index in [1.165, 1.54) is 6.08 Å². The van der Waals surface area contributed by atoms with Crippen LogP contribution in [0.15, 0.2) is 48.6 Å². The summed E-state index contributed by atoms with van der Waals surface area (Å²) in [6, 6.07) is 8.17. The van der Waals surface area contributed by atoms with Gasteiger partial charge in [-0.25, -0.2) is 4.79 Å². The van der Waals surface area contributed by atoms with E-state index in [4.69, 9.17) is 22.1 Å². The zero-order valence-corrected chi connectivity index (χ0v) is 14.2. The lowest BCUT2D eigenvalue weighted by atomic mass is 9.82. The van der Waals surface area contributed by atoms with Gasteiger partial charge in [-0.2, -0.15) is 0 Å². The molecule has 2 N–H and O–H groups in total. The van der Waals surface area contributed by atoms with Crippen LogP contribution in [0.4, 0.5) is 4.79 Å². The normalized spacial score (nSPS) is 23.5. The van der Waals surface area contributed by atoms with Crippen LogP contribution in [0.2, 0.25) is 0 Å². The molecule has 0 fully saturated rings. The molecule has 1 aromatic carbocycles. The summed E-state index contributed by atoms with van der Waals surface area (Å²) in [5, 5.41) is 11.6. The average Bonchev–Trinajstić information content (AvgIpc) is 2.45. The summed E-state index contributed by atoms with van der Waals surface area (Å²) < 4.78 is 5.02. The number of hydrogen-bond acceptors (Lipinski definition) is 4. The van der Waals surface area contributed by atoms with E-state index >= 15 is 0 Å². The van der Waals surface area contributed by atoms with E-state index < -0.39 is 27.5 Å². The first-order valence-corrected chi connectivity index (χ1v) is 7.78. The minimum Gasteiger partial charge on any atom is -0.444 e. The number of amides is 1. The molecule has 7 heteroatoms. The molecule has 0 aromatic heterocycles. The lowest BCUT2D eigenvalue weighted by molar-refractivity contribution is -0.514. The number of alkyl halides is 1. The predicted molar refractivity (Wildman–Crippen MR) is 92.3 cm³/mol. The van der Waals surface area contributed by atoms with Crippen molar-refractivity contribution in [2.75, 3.05) is 0 Å². The summed E-state index contributed by atoms with van der Waals surface area (Å²) in [6.07, 6.45) is 3.98. The molecule has 1 amide bonds. The number of halogens is 1. The van der Waals surface area contributed by atoms with Crippen LogP contribution in [0.3, 0.4) is 0 Å². The highest BCUT2D eigenvalue weighted by Gasteiger charge is 2.48. The highest BCUT2D eigenvalue weighted by molar-refractivity contribution is 6.26. The van der Waals surface area contributed by atoms with Crippen LogP contribution >= 0.6 is 11.6 Å². The molecule has 1 aromatic rings. The van der Waals surface area contributed by atoms with Gasteiger partial charge in [0.05, 0.1) is 0 Å². The van der Waals surface area contributed by atoms with Gasteiger partial charge < -0.3 is 10.5 Å². The van der Waals surface area contributed by atoms with E-state index in [0.29, 0.717) is 0 Å². The Morgan fingerprint density at radius 3 is 2.58 bits per heavy atom. The van der Waals surface area contributed by atoms with Crippen molar-refractivity contribution in [3.63, 3.8) is 0 Å². The number of hydrogen-bond donors (Lipinski definition) is 1. The van der Waals surface area contributed by atoms with Gasteiger partial charge in [0.15, 0.2) is 0 Å². The molecule has 0 spiro atoms. The van der Waals surface area contributed by atoms with Crippen molar-refractivity contribution in [3.05, 3.63) is 64.2 Å². The third-order valence-electron chi connectivity index (χ3n) is 3.78. The van der Waals surface area contributed by atoms with Crippen LogP contribution in [-0.2, 0) is 4.74 Å². The van der Waals surface area contributed by atoms with Crippen LogP contribution < -0.4 is 5.73 Å². The number of allylic oxidation sites excluding steroid dienone is 2. The lowest BCUT2D eigenvalue weighted by Gasteiger charge is -2.35. The van der Waals surface area contributed by atoms with E-state index in [1.54, 1.807) is 26.0 Å². The largest absolute Gasteiger partial charge is 0.444 e. The Kier molecular flexibility index (Phi) is 4.99. The first kappa shape index (κ1) is 18.0. The predicted octanol–water partition coefficient (Wildman–Crippen LogP) is 3.53. The number of primary amides is 1. The summed E-state index contributed by atoms with van der Waals surface area (Å²) in [5.41, 5.74) is 5.61. The van der Waals surface area contributed by atoms with Gasteiger partial charge in [-0.3, -0.25) is 10.1 Å². The fraction of sp³-hybridized carbons (Fsp3) is 0.353. The maximum absolute atomic E-state index is 11.6. The Balaban J connectivity index is 2.32. The molecule has 0 aliphatic heterocycles. The van der Waals surface area contributed by atoms with Gasteiger partial charge in [0.2, 0.25) is 0 Å². The molecule has 1 aliphatic carbocycles. The second-order valence-electron chi connectivity index (χ2n) is 6.34. The number of benzene rings is 1. The topological polar surface area (TPSA) is 95.5 Å². The molecule has 0 bridgehead atoms. The summed E-state index contributed by atoms with van der Waals surface area (Å²) in [4.78, 5) is 20.8. The van der Waals surface area contributed by atoms with Crippen LogP contribution in [0, 0.1) is 10.1 Å². The number of carbonyl (C=O) groups is 1. The van der Waals surface area contributed by atoms with Crippen molar-refractivity contribution in [3.8, 4) is 0 Å². The van der Waals surface area contributed by atoms with Crippen LogP contribution in [0.1, 0.15) is 25.8 Å². The molecule has 2 atom stereocenters. The minimum atomic E-state index is -1.32. The van der Waals surface area contributed by atoms with Crippen molar-refractivity contribution in [1.29, 1.82) is 0 Å². The number of nitrogens with zero attached hydrogens (tertiary/aromatic N) is 1. The summed E-state index contributed by atoms with van der Waals surface area (Å²) in [7, 11) is 0. The first-order chi connectivity index (χ1) is 11.1. The summed E-state index contributed by atoms with van der Waals surface area (Å²) >= 11 is 6.55. The molecule has 128 valence electrons. The van der Waals surface area contributed by atoms with Gasteiger partial charge in [0.1, 0.15) is 10.5 Å². The molecule has 0 saturated carbocycles. The van der Waals surface area contributed by atoms with Crippen molar-refractivity contribution in [2.24, 2.45) is 5.73 Å². The van der Waals surface area contributed by atoms with Crippen LogP contribution in [-0.4, -0.2) is 27.5 Å². The minimum absolute atomic E-state index is 0.0468. The van der Waals surface area contributed by atoms with Crippen molar-refractivity contribution in [1.82, 2.24) is 0 Å². The van der Waals surface area contributed by atoms with Crippen molar-refractivity contribution in [2.45, 2.75) is 36.8 Å². The van der Waals surface area contributed by atoms with Gasteiger partial charge in [-0.1, -0.05) is 42.5 Å². The maximum atomic E-state index is 11.6. The monoisotopic (exact) mass is 350 g/mol. The van der Waals surface area contributed by atoms with Gasteiger partial charge in [-0.05, 0) is 31.1 Å². The Morgan fingerprint density at radius 2 is 2.04 bits per heavy atom. The molecule has 0 radical (unpaired) electrons. The quantitative estimate of drug-likeness (QED) is 0.499. The van der Waals surface area contributed by atoms with E-state index in [9.17, 15) is 14.9 Å². The third-order valence-corrected chi connectivity index (χ3v) is 4.26. The number of nitrogens with two attached hydrogens (primary N) is 1. The summed E-state index contributed by atoms with van der Waals surface area (Å²) in [6.45, 7) is 3.23. The van der Waals surface area contributed by atoms with Gasteiger partial charge >= 0.3 is 6.09 Å². The Hall–Kier alpha value is -2.34. The van der Waals surface area contributed by atoms with E-state index in [-0.39, 0.29) is 6.42 Å². The highest BCUT2D eigenvalue weighted by atomic mass is 35.5. The molecule has 0 saturated heterocycles. The number of carbonyl (C=O) groups excluding carboxylic acids is 1. The number of rotatable bonds is 5. The fourth-order valence-corrected chi connectivity index (χ4v) is 3.40. The van der Waals surface area contributed by atoms with Gasteiger partial charge in [0.25, 0.3) is 6.04 Å². The van der Waals surface area contributed by atoms with Crippen LogP contribution in [0.5, 0.6) is 0 Å². The van der Waals surface area contributed by atoms with E-state index in [0.717, 1.165) is 11.1 Å². The Morgan fingerprint density at radius 1 is 1.42 bits per heavy atom. The number of nitro groups is 1. The van der Waals surface area contributed by atoms with Gasteiger partial charge in [0, 0.05) is 11.3 Å². The van der Waals surface area contributed by atoms with Crippen molar-refractivity contribution >= 4 is 23.3 Å². The maximum Gasteiger partial charge on any atom is 0.405 e. The SMILES string of the molecule is CC(C)(CC1(Cl)C=CC(c2ccccc2)=CC1[N+](=O)[O-])OC(N)=O. The van der Waals surface area contributed by atoms with Crippen LogP contribution in [0.25, 0.3) is 5.57 Å². The van der Waals surface area contributed by atoms with E-state index in [1.807, 2.05) is 30.3 Å². The third kappa shape index (κ3) is 4.14. The smallest absolute Gasteiger partial charge is 0.405 e. The molecule has 24 heavy (non-hydrogen) atoms.